The van der Waals surface area contributed by atoms with E-state index in [1.165, 1.54) is 0 Å². The minimum absolute atomic E-state index is 0.0222. The van der Waals surface area contributed by atoms with Crippen LogP contribution in [0.15, 0.2) is 71.6 Å². The van der Waals surface area contributed by atoms with Crippen molar-refractivity contribution >= 4 is 17.8 Å². The van der Waals surface area contributed by atoms with E-state index in [4.69, 9.17) is 4.74 Å². The van der Waals surface area contributed by atoms with Gasteiger partial charge in [0.15, 0.2) is 5.69 Å². The first-order valence-corrected chi connectivity index (χ1v) is 9.36. The third-order valence-corrected chi connectivity index (χ3v) is 4.23. The number of allylic oxidation sites excluding steroid dienone is 3. The van der Waals surface area contributed by atoms with Crippen LogP contribution in [0.5, 0.6) is 5.75 Å². The number of rotatable bonds is 8. The van der Waals surface area contributed by atoms with Gasteiger partial charge in [-0.2, -0.15) is 0 Å². The predicted molar refractivity (Wildman–Crippen MR) is 113 cm³/mol. The highest BCUT2D eigenvalue weighted by Crippen LogP contribution is 2.19. The molecule has 0 radical (unpaired) electrons. The van der Waals surface area contributed by atoms with Gasteiger partial charge in [-0.15, -0.1) is 0 Å². The van der Waals surface area contributed by atoms with Gasteiger partial charge in [0, 0.05) is 6.54 Å². The Morgan fingerprint density at radius 2 is 2.07 bits per heavy atom. The standard InChI is InChI=1S/C22H22N4O4/c1-3-4-6-9-15(2)12-23-20(28)18-19(30-14-16-10-7-5-8-11-16)21(29)26-13-17(27)24-22(26)25-18/h3-11H,2,12-14H2,1H3,(H,23,28)(H,24,25,27)/b4-3-,9-6-. The Hall–Kier alpha value is -3.94. The molecular formula is C22H22N4O4. The first kappa shape index (κ1) is 20.8. The number of nitrogens with one attached hydrogen (secondary N) is 2. The van der Waals surface area contributed by atoms with E-state index in [9.17, 15) is 14.4 Å². The highest BCUT2D eigenvalue weighted by molar-refractivity contribution is 5.97. The molecule has 0 bridgehead atoms. The molecule has 0 atom stereocenters. The molecule has 1 aromatic heterocycles. The summed E-state index contributed by atoms with van der Waals surface area (Å²) in [5, 5.41) is 5.15. The lowest BCUT2D eigenvalue weighted by atomic mass is 10.2. The lowest BCUT2D eigenvalue weighted by molar-refractivity contribution is -0.115. The summed E-state index contributed by atoms with van der Waals surface area (Å²) < 4.78 is 6.83. The zero-order chi connectivity index (χ0) is 21.5. The Morgan fingerprint density at radius 1 is 1.30 bits per heavy atom. The zero-order valence-corrected chi connectivity index (χ0v) is 16.6. The van der Waals surface area contributed by atoms with Crippen molar-refractivity contribution < 1.29 is 14.3 Å². The molecule has 0 spiro atoms. The normalized spacial score (nSPS) is 12.8. The summed E-state index contributed by atoms with van der Waals surface area (Å²) in [5.74, 6) is -1.16. The number of hydrogen-bond acceptors (Lipinski definition) is 5. The summed E-state index contributed by atoms with van der Waals surface area (Å²) in [6.45, 7) is 5.83. The van der Waals surface area contributed by atoms with Gasteiger partial charge in [-0.1, -0.05) is 61.2 Å². The van der Waals surface area contributed by atoms with E-state index in [0.29, 0.717) is 5.57 Å². The van der Waals surface area contributed by atoms with E-state index in [1.807, 2.05) is 49.4 Å². The zero-order valence-electron chi connectivity index (χ0n) is 16.6. The Balaban J connectivity index is 1.84. The fourth-order valence-corrected chi connectivity index (χ4v) is 2.74. The molecule has 1 aromatic carbocycles. The van der Waals surface area contributed by atoms with Crippen LogP contribution in [-0.4, -0.2) is 27.9 Å². The summed E-state index contributed by atoms with van der Waals surface area (Å²) in [4.78, 5) is 41.5. The van der Waals surface area contributed by atoms with Gasteiger partial charge < -0.3 is 10.1 Å². The maximum Gasteiger partial charge on any atom is 0.298 e. The molecule has 0 fully saturated rings. The molecule has 8 nitrogen and oxygen atoms in total. The van der Waals surface area contributed by atoms with Crippen LogP contribution < -0.4 is 20.9 Å². The summed E-state index contributed by atoms with van der Waals surface area (Å²) in [5.41, 5.74) is 0.714. The van der Waals surface area contributed by atoms with Gasteiger partial charge in [-0.05, 0) is 18.1 Å². The minimum atomic E-state index is -0.597. The van der Waals surface area contributed by atoms with Gasteiger partial charge in [-0.3, -0.25) is 24.3 Å². The van der Waals surface area contributed by atoms with Crippen LogP contribution in [0.25, 0.3) is 0 Å². The molecule has 2 amide bonds. The summed E-state index contributed by atoms with van der Waals surface area (Å²) in [7, 11) is 0. The van der Waals surface area contributed by atoms with Crippen LogP contribution in [0.3, 0.4) is 0 Å². The van der Waals surface area contributed by atoms with Crippen molar-refractivity contribution in [3.05, 3.63) is 88.4 Å². The van der Waals surface area contributed by atoms with Crippen LogP contribution >= 0.6 is 0 Å². The highest BCUT2D eigenvalue weighted by Gasteiger charge is 2.28. The largest absolute Gasteiger partial charge is 0.481 e. The second-order valence-electron chi connectivity index (χ2n) is 6.55. The number of fused-ring (bicyclic) bond motifs is 1. The summed E-state index contributed by atoms with van der Waals surface area (Å²) in [6.07, 6.45) is 7.28. The number of ether oxygens (including phenoxy) is 1. The van der Waals surface area contributed by atoms with E-state index >= 15 is 0 Å². The molecule has 3 rings (SSSR count). The Kier molecular flexibility index (Phi) is 6.59. The second kappa shape index (κ2) is 9.51. The van der Waals surface area contributed by atoms with E-state index in [1.54, 1.807) is 12.2 Å². The molecule has 1 aliphatic rings. The van der Waals surface area contributed by atoms with E-state index in [-0.39, 0.29) is 43.0 Å². The second-order valence-corrected chi connectivity index (χ2v) is 6.55. The Morgan fingerprint density at radius 3 is 2.80 bits per heavy atom. The lowest BCUT2D eigenvalue weighted by Gasteiger charge is -2.13. The molecular weight excluding hydrogens is 384 g/mol. The summed E-state index contributed by atoms with van der Waals surface area (Å²) >= 11 is 0. The Bertz CT molecular complexity index is 1080. The van der Waals surface area contributed by atoms with Crippen LogP contribution in [0.4, 0.5) is 5.95 Å². The fourth-order valence-electron chi connectivity index (χ4n) is 2.74. The molecule has 2 aromatic rings. The van der Waals surface area contributed by atoms with Crippen molar-refractivity contribution in [1.82, 2.24) is 14.9 Å². The van der Waals surface area contributed by atoms with Gasteiger partial charge in [0.05, 0.1) is 0 Å². The van der Waals surface area contributed by atoms with Crippen LogP contribution in [-0.2, 0) is 17.9 Å². The lowest BCUT2D eigenvalue weighted by Crippen LogP contribution is -2.31. The third kappa shape index (κ3) is 4.91. The fraction of sp³-hybridized carbons (Fsp3) is 0.182. The average Bonchev–Trinajstić information content (AvgIpc) is 3.13. The van der Waals surface area contributed by atoms with Crippen LogP contribution in [0.1, 0.15) is 23.0 Å². The molecule has 30 heavy (non-hydrogen) atoms. The molecule has 8 heteroatoms. The molecule has 1 aliphatic heterocycles. The quantitative estimate of drug-likeness (QED) is 0.655. The number of hydrogen-bond donors (Lipinski definition) is 2. The number of amides is 2. The van der Waals surface area contributed by atoms with Gasteiger partial charge >= 0.3 is 0 Å². The van der Waals surface area contributed by atoms with Crippen molar-refractivity contribution in [1.29, 1.82) is 0 Å². The SMILES string of the molecule is C=C(/C=C\C=C/C)CNC(=O)c1nc2n(c(=O)c1OCc1ccccc1)CC(=O)N2. The van der Waals surface area contributed by atoms with Crippen molar-refractivity contribution in [2.45, 2.75) is 20.1 Å². The molecule has 2 N–H and O–H groups in total. The van der Waals surface area contributed by atoms with Crippen LogP contribution in [0.2, 0.25) is 0 Å². The first-order chi connectivity index (χ1) is 14.5. The minimum Gasteiger partial charge on any atom is -0.481 e. The number of aromatic nitrogens is 2. The first-order valence-electron chi connectivity index (χ1n) is 9.36. The smallest absolute Gasteiger partial charge is 0.298 e. The number of anilines is 1. The highest BCUT2D eigenvalue weighted by atomic mass is 16.5. The third-order valence-electron chi connectivity index (χ3n) is 4.23. The van der Waals surface area contributed by atoms with Gasteiger partial charge in [0.2, 0.25) is 17.6 Å². The number of carbonyl (C=O) groups excluding carboxylic acids is 2. The monoisotopic (exact) mass is 406 g/mol. The Labute approximate surface area is 173 Å². The number of nitrogens with zero attached hydrogens (tertiary/aromatic N) is 2. The van der Waals surface area contributed by atoms with Crippen molar-refractivity contribution in [2.24, 2.45) is 0 Å². The molecule has 0 saturated heterocycles. The number of carbonyl (C=O) groups is 2. The van der Waals surface area contributed by atoms with Gasteiger partial charge in [0.25, 0.3) is 11.5 Å². The van der Waals surface area contributed by atoms with Gasteiger partial charge in [-0.25, -0.2) is 4.98 Å². The summed E-state index contributed by atoms with van der Waals surface area (Å²) in [6, 6.07) is 9.23. The number of benzene rings is 1. The molecule has 0 saturated carbocycles. The molecule has 0 aliphatic carbocycles. The van der Waals surface area contributed by atoms with Crippen molar-refractivity contribution in [3.63, 3.8) is 0 Å². The average molecular weight is 406 g/mol. The molecule has 154 valence electrons. The van der Waals surface area contributed by atoms with Gasteiger partial charge in [0.1, 0.15) is 13.2 Å². The maximum atomic E-state index is 12.9. The van der Waals surface area contributed by atoms with Crippen molar-refractivity contribution in [3.8, 4) is 5.75 Å². The van der Waals surface area contributed by atoms with E-state index < -0.39 is 11.5 Å². The van der Waals surface area contributed by atoms with Crippen LogP contribution in [0, 0.1) is 0 Å². The van der Waals surface area contributed by atoms with E-state index in [2.05, 4.69) is 22.2 Å². The van der Waals surface area contributed by atoms with E-state index in [0.717, 1.165) is 10.1 Å². The predicted octanol–water partition coefficient (Wildman–Crippen LogP) is 2.19. The molecule has 0 unspecified atom stereocenters. The molecule has 2 heterocycles. The van der Waals surface area contributed by atoms with Crippen molar-refractivity contribution in [2.75, 3.05) is 11.9 Å². The maximum absolute atomic E-state index is 12.9. The topological polar surface area (TPSA) is 102 Å².